The fourth-order valence-electron chi connectivity index (χ4n) is 3.92. The highest BCUT2D eigenvalue weighted by Crippen LogP contribution is 2.38. The molecule has 3 aromatic rings. The minimum Gasteiger partial charge on any atom is -0.491 e. The van der Waals surface area contributed by atoms with Gasteiger partial charge in [0.2, 0.25) is 0 Å². The number of hydrogen-bond donors (Lipinski definition) is 2. The smallest absolute Gasteiger partial charge is 0.343 e. The molecule has 3 rings (SSSR count). The summed E-state index contributed by atoms with van der Waals surface area (Å²) in [4.78, 5) is 23.9. The van der Waals surface area contributed by atoms with Crippen molar-refractivity contribution in [2.45, 2.75) is 52.1 Å². The molecule has 9 nitrogen and oxygen atoms in total. The molecule has 0 aromatic heterocycles. The van der Waals surface area contributed by atoms with Gasteiger partial charge < -0.3 is 25.1 Å². The second-order valence-corrected chi connectivity index (χ2v) is 8.95. The Morgan fingerprint density at radius 2 is 1.71 bits per heavy atom. The van der Waals surface area contributed by atoms with Crippen molar-refractivity contribution >= 4 is 17.3 Å². The molecule has 0 aliphatic heterocycles. The van der Waals surface area contributed by atoms with Crippen molar-refractivity contribution < 1.29 is 29.0 Å². The zero-order chi connectivity index (χ0) is 27.5. The number of ether oxygens (including phenoxy) is 3. The fraction of sp³-hybridized carbons (Fsp3) is 0.345. The number of aliphatic hydroxyl groups excluding tert-OH is 1. The predicted molar refractivity (Wildman–Crippen MR) is 146 cm³/mol. The Labute approximate surface area is 222 Å². The van der Waals surface area contributed by atoms with Crippen molar-refractivity contribution in [3.05, 3.63) is 76.3 Å². The van der Waals surface area contributed by atoms with Crippen molar-refractivity contribution in [2.24, 2.45) is 0 Å². The van der Waals surface area contributed by atoms with Crippen LogP contribution >= 0.6 is 0 Å². The fourth-order valence-corrected chi connectivity index (χ4v) is 3.92. The molecule has 0 saturated heterocycles. The molecule has 0 fully saturated rings. The Kier molecular flexibility index (Phi) is 10.5. The number of esters is 1. The summed E-state index contributed by atoms with van der Waals surface area (Å²) >= 11 is 0. The van der Waals surface area contributed by atoms with E-state index in [1.165, 1.54) is 12.1 Å². The zero-order valence-electron chi connectivity index (χ0n) is 21.7. The standard InChI is InChI=1S/C29H34N2O7/c1-3-4-5-6-7-20(2)37-28-19-26(30)25(18-27(28)31(34)35)21-8-10-22(11-9-21)29(33)38-24-14-12-23(13-15-24)36-17-16-32/h8-15,18-20,32H,3-7,16-17,30H2,1-2H3. The maximum absolute atomic E-state index is 12.6. The lowest BCUT2D eigenvalue weighted by molar-refractivity contribution is -0.386. The van der Waals surface area contributed by atoms with Crippen molar-refractivity contribution in [1.29, 1.82) is 0 Å². The van der Waals surface area contributed by atoms with Crippen LogP contribution in [-0.4, -0.2) is 35.3 Å². The van der Waals surface area contributed by atoms with Crippen LogP contribution in [0.2, 0.25) is 0 Å². The molecule has 0 aliphatic carbocycles. The first-order valence-corrected chi connectivity index (χ1v) is 12.7. The molecule has 0 spiro atoms. The first-order valence-electron chi connectivity index (χ1n) is 12.7. The monoisotopic (exact) mass is 522 g/mol. The number of nitrogen functional groups attached to an aromatic ring is 1. The SMILES string of the molecule is CCCCCCC(C)Oc1cc(N)c(-c2ccc(C(=O)Oc3ccc(OCCO)cc3)cc2)cc1[N+](=O)[O-]. The van der Waals surface area contributed by atoms with Gasteiger partial charge >= 0.3 is 11.7 Å². The Bertz CT molecular complexity index is 1210. The van der Waals surface area contributed by atoms with Gasteiger partial charge in [0, 0.05) is 23.4 Å². The summed E-state index contributed by atoms with van der Waals surface area (Å²) in [6.07, 6.45) is 5.01. The number of benzene rings is 3. The van der Waals surface area contributed by atoms with Crippen molar-refractivity contribution in [3.8, 4) is 28.4 Å². The minimum absolute atomic E-state index is 0.0952. The molecule has 1 unspecified atom stereocenters. The maximum atomic E-state index is 12.6. The maximum Gasteiger partial charge on any atom is 0.343 e. The number of carbonyl (C=O) groups is 1. The lowest BCUT2D eigenvalue weighted by atomic mass is 10.0. The molecule has 202 valence electrons. The van der Waals surface area contributed by atoms with Crippen LogP contribution in [-0.2, 0) is 0 Å². The number of nitro groups is 1. The second kappa shape index (κ2) is 14.0. The highest BCUT2D eigenvalue weighted by molar-refractivity contribution is 5.92. The Morgan fingerprint density at radius 1 is 1.03 bits per heavy atom. The number of anilines is 1. The number of unbranched alkanes of at least 4 members (excludes halogenated alkanes) is 3. The summed E-state index contributed by atoms with van der Waals surface area (Å²) in [7, 11) is 0. The highest BCUT2D eigenvalue weighted by Gasteiger charge is 2.21. The van der Waals surface area contributed by atoms with Crippen molar-refractivity contribution in [1.82, 2.24) is 0 Å². The van der Waals surface area contributed by atoms with Crippen molar-refractivity contribution in [3.63, 3.8) is 0 Å². The minimum atomic E-state index is -0.559. The van der Waals surface area contributed by atoms with E-state index >= 15 is 0 Å². The lowest BCUT2D eigenvalue weighted by Gasteiger charge is -2.16. The van der Waals surface area contributed by atoms with Gasteiger partial charge in [-0.05, 0) is 61.7 Å². The van der Waals surface area contributed by atoms with Gasteiger partial charge in [0.25, 0.3) is 0 Å². The van der Waals surface area contributed by atoms with E-state index in [-0.39, 0.29) is 30.8 Å². The van der Waals surface area contributed by atoms with E-state index in [1.54, 1.807) is 48.5 Å². The van der Waals surface area contributed by atoms with E-state index in [9.17, 15) is 14.9 Å². The van der Waals surface area contributed by atoms with Crippen LogP contribution in [0.15, 0.2) is 60.7 Å². The molecule has 3 N–H and O–H groups in total. The third kappa shape index (κ3) is 7.94. The van der Waals surface area contributed by atoms with E-state index in [4.69, 9.17) is 25.1 Å². The predicted octanol–water partition coefficient (Wildman–Crippen LogP) is 6.17. The average molecular weight is 523 g/mol. The molecular weight excluding hydrogens is 488 g/mol. The number of aliphatic hydroxyl groups is 1. The summed E-state index contributed by atoms with van der Waals surface area (Å²) in [5.41, 5.74) is 7.83. The molecule has 0 radical (unpaired) electrons. The third-order valence-electron chi connectivity index (χ3n) is 5.95. The molecule has 1 atom stereocenters. The van der Waals surface area contributed by atoms with Crippen LogP contribution in [0.4, 0.5) is 11.4 Å². The molecule has 0 aliphatic rings. The summed E-state index contributed by atoms with van der Waals surface area (Å²) in [6, 6.07) is 15.8. The van der Waals surface area contributed by atoms with Crippen molar-refractivity contribution in [2.75, 3.05) is 18.9 Å². The first kappa shape index (κ1) is 28.5. The molecule has 9 heteroatoms. The quantitative estimate of drug-likeness (QED) is 0.0641. The van der Waals surface area contributed by atoms with Gasteiger partial charge in [0.1, 0.15) is 18.1 Å². The molecule has 0 bridgehead atoms. The number of nitrogens with two attached hydrogens (primary N) is 1. The van der Waals surface area contributed by atoms with Crippen LogP contribution in [0.3, 0.4) is 0 Å². The number of nitrogens with zero attached hydrogens (tertiary/aromatic N) is 1. The number of hydrogen-bond acceptors (Lipinski definition) is 8. The summed E-state index contributed by atoms with van der Waals surface area (Å²) in [5.74, 6) is 0.474. The Hall–Kier alpha value is -4.11. The summed E-state index contributed by atoms with van der Waals surface area (Å²) < 4.78 is 16.6. The van der Waals surface area contributed by atoms with Crippen LogP contribution in [0.1, 0.15) is 56.3 Å². The van der Waals surface area contributed by atoms with E-state index in [0.29, 0.717) is 33.9 Å². The third-order valence-corrected chi connectivity index (χ3v) is 5.95. The van der Waals surface area contributed by atoms with Crippen LogP contribution in [0.25, 0.3) is 11.1 Å². The van der Waals surface area contributed by atoms with E-state index < -0.39 is 10.9 Å². The van der Waals surface area contributed by atoms with Gasteiger partial charge in [-0.3, -0.25) is 10.1 Å². The zero-order valence-corrected chi connectivity index (χ0v) is 21.7. The number of nitro benzene ring substituents is 1. The highest BCUT2D eigenvalue weighted by atomic mass is 16.6. The molecule has 3 aromatic carbocycles. The van der Waals surface area contributed by atoms with Gasteiger partial charge in [-0.25, -0.2) is 4.79 Å². The normalized spacial score (nSPS) is 11.6. The molecule has 0 amide bonds. The van der Waals surface area contributed by atoms with Gasteiger partial charge in [0.05, 0.1) is 23.2 Å². The van der Waals surface area contributed by atoms with Gasteiger partial charge in [-0.2, -0.15) is 0 Å². The molecule has 0 saturated carbocycles. The van der Waals surface area contributed by atoms with Gasteiger partial charge in [0.15, 0.2) is 5.75 Å². The molecule has 38 heavy (non-hydrogen) atoms. The summed E-state index contributed by atoms with van der Waals surface area (Å²) in [6.45, 7) is 4.12. The summed E-state index contributed by atoms with van der Waals surface area (Å²) in [5, 5.41) is 20.6. The second-order valence-electron chi connectivity index (χ2n) is 8.95. The lowest BCUT2D eigenvalue weighted by Crippen LogP contribution is -2.13. The van der Waals surface area contributed by atoms with Gasteiger partial charge in [-0.15, -0.1) is 0 Å². The average Bonchev–Trinajstić information content (AvgIpc) is 2.91. The van der Waals surface area contributed by atoms with Crippen LogP contribution in [0.5, 0.6) is 17.2 Å². The van der Waals surface area contributed by atoms with Gasteiger partial charge in [-0.1, -0.05) is 38.3 Å². The number of carbonyl (C=O) groups excluding carboxylic acids is 1. The van der Waals surface area contributed by atoms with E-state index in [1.807, 2.05) is 6.92 Å². The van der Waals surface area contributed by atoms with Crippen LogP contribution in [0, 0.1) is 10.1 Å². The largest absolute Gasteiger partial charge is 0.491 e. The van der Waals surface area contributed by atoms with E-state index in [0.717, 1.165) is 32.1 Å². The Morgan fingerprint density at radius 3 is 2.34 bits per heavy atom. The first-order chi connectivity index (χ1) is 18.3. The number of rotatable bonds is 14. The van der Waals surface area contributed by atoms with E-state index in [2.05, 4.69) is 6.92 Å². The molecular formula is C29H34N2O7. The molecule has 0 heterocycles. The Balaban J connectivity index is 1.71. The van der Waals surface area contributed by atoms with Crippen LogP contribution < -0.4 is 19.9 Å². The topological polar surface area (TPSA) is 134 Å².